The number of rotatable bonds is 4. The minimum absolute atomic E-state index is 0.0139. The van der Waals surface area contributed by atoms with E-state index in [4.69, 9.17) is 0 Å². The molecule has 0 bridgehead atoms. The van der Waals surface area contributed by atoms with Gasteiger partial charge in [0.05, 0.1) is 24.3 Å². The van der Waals surface area contributed by atoms with Gasteiger partial charge in [-0.2, -0.15) is 0 Å². The van der Waals surface area contributed by atoms with Crippen LogP contribution in [0.15, 0.2) is 73.1 Å². The first kappa shape index (κ1) is 20.4. The van der Waals surface area contributed by atoms with Gasteiger partial charge >= 0.3 is 0 Å². The van der Waals surface area contributed by atoms with Crippen LogP contribution in [0.4, 0.5) is 0 Å². The Kier molecular flexibility index (Phi) is 5.23. The van der Waals surface area contributed by atoms with Gasteiger partial charge in [-0.05, 0) is 35.7 Å². The maximum Gasteiger partial charge on any atom is 0.255 e. The molecule has 2 amide bonds. The number of carbonyl (C=O) groups is 2. The van der Waals surface area contributed by atoms with Gasteiger partial charge in [0.1, 0.15) is 6.54 Å². The van der Waals surface area contributed by atoms with Crippen molar-refractivity contribution in [3.05, 3.63) is 89.7 Å². The third kappa shape index (κ3) is 3.46. The third-order valence-electron chi connectivity index (χ3n) is 6.59. The second-order valence-electron chi connectivity index (χ2n) is 8.56. The molecule has 32 heavy (non-hydrogen) atoms. The Hall–Kier alpha value is -3.51. The summed E-state index contributed by atoms with van der Waals surface area (Å²) in [6, 6.07) is 19.7. The first-order valence-electron chi connectivity index (χ1n) is 10.8. The highest BCUT2D eigenvalue weighted by Crippen LogP contribution is 2.43. The van der Waals surface area contributed by atoms with Crippen LogP contribution in [-0.2, 0) is 4.79 Å². The van der Waals surface area contributed by atoms with Crippen molar-refractivity contribution in [3.8, 4) is 11.1 Å². The predicted molar refractivity (Wildman–Crippen MR) is 121 cm³/mol. The summed E-state index contributed by atoms with van der Waals surface area (Å²) in [6.07, 6.45) is 3.14. The normalized spacial score (nSPS) is 22.3. The molecule has 6 heteroatoms. The maximum absolute atomic E-state index is 12.9. The highest BCUT2D eigenvalue weighted by Gasteiger charge is 2.54. The maximum atomic E-state index is 12.9. The van der Waals surface area contributed by atoms with Crippen molar-refractivity contribution in [2.75, 3.05) is 19.7 Å². The fourth-order valence-corrected chi connectivity index (χ4v) is 5.05. The molecule has 1 N–H and O–H groups in total. The fraction of sp³-hybridized carbons (Fsp3) is 0.269. The summed E-state index contributed by atoms with van der Waals surface area (Å²) < 4.78 is 0. The van der Waals surface area contributed by atoms with Crippen molar-refractivity contribution in [1.82, 2.24) is 14.8 Å². The molecule has 162 valence electrons. The Bertz CT molecular complexity index is 1150. The van der Waals surface area contributed by atoms with Gasteiger partial charge in [-0.15, -0.1) is 0 Å². The summed E-state index contributed by atoms with van der Waals surface area (Å²) in [7, 11) is 0. The van der Waals surface area contributed by atoms with Crippen molar-refractivity contribution in [2.24, 2.45) is 0 Å². The lowest BCUT2D eigenvalue weighted by Gasteiger charge is -2.58. The van der Waals surface area contributed by atoms with E-state index in [1.807, 2.05) is 6.07 Å². The Morgan fingerprint density at radius 3 is 2.59 bits per heavy atom. The molecule has 2 aromatic carbocycles. The number of carbonyl (C=O) groups excluding carboxylic acids is 2. The number of aromatic nitrogens is 1. The topological polar surface area (TPSA) is 73.7 Å². The highest BCUT2D eigenvalue weighted by molar-refractivity contribution is 5.97. The van der Waals surface area contributed by atoms with Crippen LogP contribution in [0.5, 0.6) is 0 Å². The zero-order chi connectivity index (χ0) is 22.2. The van der Waals surface area contributed by atoms with Crippen LogP contribution in [-0.4, -0.2) is 63.5 Å². The molecular formula is C26H25N3O3. The average molecular weight is 428 g/mol. The Labute approximate surface area is 187 Å². The number of aliphatic hydroxyl groups is 1. The number of aliphatic hydroxyl groups excluding tert-OH is 1. The van der Waals surface area contributed by atoms with Crippen molar-refractivity contribution in [3.63, 3.8) is 0 Å². The molecular weight excluding hydrogens is 402 g/mol. The fourth-order valence-electron chi connectivity index (χ4n) is 5.05. The van der Waals surface area contributed by atoms with E-state index in [9.17, 15) is 14.7 Å². The number of piperazine rings is 1. The molecule has 0 radical (unpaired) electrons. The highest BCUT2D eigenvalue weighted by atomic mass is 16.3. The predicted octanol–water partition coefficient (Wildman–Crippen LogP) is 2.87. The van der Waals surface area contributed by atoms with Crippen LogP contribution < -0.4 is 0 Å². The summed E-state index contributed by atoms with van der Waals surface area (Å²) in [4.78, 5) is 33.1. The van der Waals surface area contributed by atoms with E-state index in [1.165, 1.54) is 11.8 Å². The van der Waals surface area contributed by atoms with Crippen LogP contribution in [0.2, 0.25) is 0 Å². The second kappa shape index (κ2) is 8.20. The van der Waals surface area contributed by atoms with Gasteiger partial charge < -0.3 is 14.9 Å². The first-order chi connectivity index (χ1) is 15.6. The average Bonchev–Trinajstić information content (AvgIpc) is 2.81. The van der Waals surface area contributed by atoms with E-state index < -0.39 is 0 Å². The number of nitrogens with zero attached hydrogens (tertiary/aromatic N) is 3. The molecule has 3 atom stereocenters. The minimum atomic E-state index is -0.257. The molecule has 0 saturated carbocycles. The van der Waals surface area contributed by atoms with E-state index >= 15 is 0 Å². The Morgan fingerprint density at radius 1 is 1.09 bits per heavy atom. The minimum Gasteiger partial charge on any atom is -0.394 e. The molecule has 0 spiro atoms. The zero-order valence-electron chi connectivity index (χ0n) is 17.9. The van der Waals surface area contributed by atoms with E-state index in [2.05, 4.69) is 54.4 Å². The number of fused-ring (bicyclic) bond motifs is 1. The standard InChI is InChI=1S/C26H25N3O3/c1-17-4-2-5-20(12-17)18-7-9-19(10-8-18)25-22-14-28(15-24(31)29(22)23(25)16-30)26(32)21-6-3-11-27-13-21/h2-13,22-23,25,30H,14-16H2,1H3/t22-,23+,25-/m1/s1. The van der Waals surface area contributed by atoms with Crippen molar-refractivity contribution in [2.45, 2.75) is 24.9 Å². The summed E-state index contributed by atoms with van der Waals surface area (Å²) in [5.41, 5.74) is 5.05. The largest absolute Gasteiger partial charge is 0.394 e. The van der Waals surface area contributed by atoms with E-state index in [0.29, 0.717) is 12.1 Å². The van der Waals surface area contributed by atoms with Crippen LogP contribution in [0.3, 0.4) is 0 Å². The molecule has 2 saturated heterocycles. The Morgan fingerprint density at radius 2 is 1.91 bits per heavy atom. The molecule has 0 unspecified atom stereocenters. The third-order valence-corrected chi connectivity index (χ3v) is 6.59. The quantitative estimate of drug-likeness (QED) is 0.695. The van der Waals surface area contributed by atoms with Gasteiger partial charge in [0.15, 0.2) is 0 Å². The lowest BCUT2D eigenvalue weighted by molar-refractivity contribution is -0.159. The molecule has 3 aromatic rings. The molecule has 2 aliphatic heterocycles. The number of aryl methyl sites for hydroxylation is 1. The van der Waals surface area contributed by atoms with Crippen molar-refractivity contribution in [1.29, 1.82) is 0 Å². The molecule has 1 aromatic heterocycles. The number of benzene rings is 2. The zero-order valence-corrected chi connectivity index (χ0v) is 17.9. The van der Waals surface area contributed by atoms with Gasteiger partial charge in [-0.25, -0.2) is 0 Å². The summed E-state index contributed by atoms with van der Waals surface area (Å²) >= 11 is 0. The molecule has 6 nitrogen and oxygen atoms in total. The summed E-state index contributed by atoms with van der Waals surface area (Å²) in [6.45, 7) is 2.45. The van der Waals surface area contributed by atoms with Gasteiger partial charge in [-0.3, -0.25) is 14.6 Å². The van der Waals surface area contributed by atoms with E-state index in [1.54, 1.807) is 28.1 Å². The summed E-state index contributed by atoms with van der Waals surface area (Å²) in [5, 5.41) is 10.0. The smallest absolute Gasteiger partial charge is 0.255 e. The lowest BCUT2D eigenvalue weighted by Crippen LogP contribution is -2.73. The van der Waals surface area contributed by atoms with E-state index in [0.717, 1.165) is 16.7 Å². The van der Waals surface area contributed by atoms with Gasteiger partial charge in [0, 0.05) is 24.9 Å². The Balaban J connectivity index is 1.39. The first-order valence-corrected chi connectivity index (χ1v) is 10.8. The van der Waals surface area contributed by atoms with Gasteiger partial charge in [0.25, 0.3) is 5.91 Å². The molecule has 0 aliphatic carbocycles. The number of pyridine rings is 1. The molecule has 2 fully saturated rings. The molecule has 5 rings (SSSR count). The van der Waals surface area contributed by atoms with Crippen LogP contribution in [0.1, 0.15) is 27.4 Å². The SMILES string of the molecule is Cc1cccc(-c2ccc([C@@H]3[C@H]4CN(C(=O)c5cccnc5)CC(=O)N4[C@H]3CO)cc2)c1. The van der Waals surface area contributed by atoms with Crippen LogP contribution >= 0.6 is 0 Å². The van der Waals surface area contributed by atoms with Gasteiger partial charge in [-0.1, -0.05) is 54.1 Å². The lowest BCUT2D eigenvalue weighted by atomic mass is 9.73. The van der Waals surface area contributed by atoms with Crippen LogP contribution in [0, 0.1) is 6.92 Å². The molecule has 2 aliphatic rings. The number of amides is 2. The number of hydrogen-bond donors (Lipinski definition) is 1. The van der Waals surface area contributed by atoms with Crippen molar-refractivity contribution >= 4 is 11.8 Å². The van der Waals surface area contributed by atoms with E-state index in [-0.39, 0.29) is 43.0 Å². The summed E-state index contributed by atoms with van der Waals surface area (Å²) in [5.74, 6) is -0.322. The number of hydrogen-bond acceptors (Lipinski definition) is 4. The molecule has 3 heterocycles. The van der Waals surface area contributed by atoms with Crippen LogP contribution in [0.25, 0.3) is 11.1 Å². The van der Waals surface area contributed by atoms with Crippen molar-refractivity contribution < 1.29 is 14.7 Å². The van der Waals surface area contributed by atoms with Gasteiger partial charge in [0.2, 0.25) is 5.91 Å². The monoisotopic (exact) mass is 427 g/mol. The second-order valence-corrected chi connectivity index (χ2v) is 8.56.